The van der Waals surface area contributed by atoms with E-state index in [0.29, 0.717) is 0 Å². The minimum absolute atomic E-state index is 0. The van der Waals surface area contributed by atoms with Crippen molar-refractivity contribution in [2.75, 3.05) is 0 Å². The Bertz CT molecular complexity index is 524. The first-order valence-corrected chi connectivity index (χ1v) is 6.33. The molecule has 0 aromatic rings. The zero-order valence-corrected chi connectivity index (χ0v) is 16.8. The third kappa shape index (κ3) is 367. The lowest BCUT2D eigenvalue weighted by atomic mass is 8.81. The van der Waals surface area contributed by atoms with Gasteiger partial charge in [0.1, 0.15) is 0 Å². The number of terminal acetylenes is 3. The lowest BCUT2D eigenvalue weighted by molar-refractivity contribution is 0.108. The lowest BCUT2D eigenvalue weighted by Gasteiger charge is -2.00. The largest absolute Gasteiger partial charge is 0.269 e. The SMILES string of the molecule is C.C.C#CC#CC.C#CC#CC#C.F.FF.FF.FF.FF.FF.[2HH].[2H][2H].[2H][2H].[2H][2H].[2H][2H].[2H][2H].[B]B([B])B([B])[B].[B][B]B([B])[B].[HH].[HH].[HH].[HH].[HH].[HH]. The van der Waals surface area contributed by atoms with Gasteiger partial charge in [-0.05, 0) is 42.4 Å². The van der Waals surface area contributed by atoms with Crippen LogP contribution in [0.5, 0.6) is 0 Å². The average Bonchev–Trinajstić information content (AvgIpc) is 3.10. The van der Waals surface area contributed by atoms with Gasteiger partial charge >= 0.3 is 0 Å². The van der Waals surface area contributed by atoms with Crippen LogP contribution in [0.2, 0.25) is 0 Å². The Labute approximate surface area is 239 Å². The summed E-state index contributed by atoms with van der Waals surface area (Å²) < 4.78 is 130. The predicted octanol–water partition coefficient (Wildman–Crippen LogP) is 5.29. The van der Waals surface area contributed by atoms with Gasteiger partial charge in [0.15, 0.2) is 0 Å². The van der Waals surface area contributed by atoms with Crippen LogP contribution < -0.4 is 0 Å². The Balaban J connectivity index is -0.00000000748. The zero-order chi connectivity index (χ0) is 38.4. The van der Waals surface area contributed by atoms with Crippen LogP contribution in [0.15, 0.2) is 0 Å². The van der Waals surface area contributed by atoms with Crippen molar-refractivity contribution in [3.63, 3.8) is 0 Å². The molecule has 0 atom stereocenters. The zero-order valence-electron chi connectivity index (χ0n) is 26.8. The highest BCUT2D eigenvalue weighted by atomic mass is 20.0. The molecule has 0 nitrogen and oxygen atoms in total. The van der Waals surface area contributed by atoms with Crippen LogP contribution in [0.25, 0.3) is 0 Å². The lowest BCUT2D eigenvalue weighted by Crippen LogP contribution is -2.38. The third-order valence-electron chi connectivity index (χ3n) is 1.07. The molecule has 15 radical (unpaired) electrons. The monoisotopic (exact) mass is 536 g/mol. The van der Waals surface area contributed by atoms with Gasteiger partial charge in [-0.2, -0.15) is 0 Å². The Morgan fingerprint density at radius 1 is 0.657 bits per heavy atom. The highest BCUT2D eigenvalue weighted by Crippen LogP contribution is 1.62. The molecule has 0 saturated heterocycles. The second-order valence-electron chi connectivity index (χ2n) is 2.98. The van der Waals surface area contributed by atoms with Crippen molar-refractivity contribution < 1.29 is 75.3 Å². The van der Waals surface area contributed by atoms with Crippen molar-refractivity contribution in [2.45, 2.75) is 21.8 Å². The number of halogens is 11. The molecule has 22 heteroatoms. The summed E-state index contributed by atoms with van der Waals surface area (Å²) in [7, 11) is 35.6. The van der Waals surface area contributed by atoms with Crippen molar-refractivity contribution in [1.82, 2.24) is 0 Å². The van der Waals surface area contributed by atoms with Crippen molar-refractivity contribution >= 4 is 80.4 Å². The van der Waals surface area contributed by atoms with Crippen LogP contribution in [0, 0.1) is 60.7 Å². The topological polar surface area (TPSA) is 0 Å². The first-order valence-electron chi connectivity index (χ1n) is 11.3. The third-order valence-corrected chi connectivity index (χ3v) is 1.07. The summed E-state index contributed by atoms with van der Waals surface area (Å²) >= 11 is 0. The molecule has 0 saturated carbocycles. The van der Waals surface area contributed by atoms with E-state index in [1.807, 2.05) is 0 Å². The van der Waals surface area contributed by atoms with Crippen LogP contribution in [-0.4, -0.2) is 80.4 Å². The van der Waals surface area contributed by atoms with Gasteiger partial charge in [-0.15, -0.1) is 19.3 Å². The minimum Gasteiger partial charge on any atom is -0.269 e. The van der Waals surface area contributed by atoms with Crippen LogP contribution in [0.4, 0.5) is 50.4 Å². The van der Waals surface area contributed by atoms with Gasteiger partial charge in [0.05, 0.1) is 0 Å². The van der Waals surface area contributed by atoms with E-state index < -0.39 is 19.2 Å². The maximum absolute atomic E-state index is 8.00. The normalized spacial score (nSPS) is 5.14. The Hall–Kier alpha value is -2.26. The van der Waals surface area contributed by atoms with Gasteiger partial charge in [0.25, 0.3) is 0 Å². The molecular weight excluding hydrogens is 484 g/mol. The molecule has 201 valence electrons. The van der Waals surface area contributed by atoms with Crippen LogP contribution in [-0.2, 0) is 0 Å². The number of hydrogen-bond donors (Lipinski definition) is 0. The highest BCUT2D eigenvalue weighted by Gasteiger charge is 2.00. The molecule has 0 heterocycles. The van der Waals surface area contributed by atoms with E-state index in [-0.39, 0.29) is 29.5 Å². The molecule has 0 aromatic heterocycles. The van der Waals surface area contributed by atoms with Gasteiger partial charge < -0.3 is 0 Å². The Morgan fingerprint density at radius 2 is 0.829 bits per heavy atom. The van der Waals surface area contributed by atoms with Gasteiger partial charge in [-0.25, -0.2) is 0 Å². The van der Waals surface area contributed by atoms with E-state index in [4.69, 9.17) is 134 Å². The predicted molar refractivity (Wildman–Crippen MR) is 163 cm³/mol. The van der Waals surface area contributed by atoms with Gasteiger partial charge in [0.2, 0.25) is 0 Å². The summed E-state index contributed by atoms with van der Waals surface area (Å²) in [6.07, 6.45) is 12.5. The second kappa shape index (κ2) is 138. The number of rotatable bonds is 2. The fourth-order valence-corrected chi connectivity index (χ4v) is 0.144. The summed E-state index contributed by atoms with van der Waals surface area (Å²) in [5, 5.41) is 0. The first-order chi connectivity index (χ1) is 20.2. The minimum atomic E-state index is -0.593. The molecular formula is C13H39B11F11. The fourth-order valence-electron chi connectivity index (χ4n) is 0.144. The molecule has 35 heavy (non-hydrogen) atoms. The van der Waals surface area contributed by atoms with E-state index in [9.17, 15) is 0 Å². The molecule has 0 aliphatic heterocycles. The molecule has 0 aliphatic carbocycles. The summed E-state index contributed by atoms with van der Waals surface area (Å²) in [5.41, 5.74) is 0. The highest BCUT2D eigenvalue weighted by molar-refractivity contribution is 7.76. The molecule has 0 rings (SSSR count). The quantitative estimate of drug-likeness (QED) is 0.257. The fraction of sp³-hybridized carbons (Fsp3) is 0.231. The molecule has 0 unspecified atom stereocenters. The summed E-state index contributed by atoms with van der Waals surface area (Å²) in [4.78, 5) is 0. The standard InChI is InChI=1S/C6H2.C5H4.2CH4.B6.B5.5F2.FH.12H2/c1-3-5-6-4-2;1-3-5-4-2;;;1-5(2)6(3)4;1-4-5(2)3;5*1-2;;;;;;;;;;;;;/h1-2H;1H,2H3;2*1H4;;;;;;;;13*1H/i;;;;;;;;;;;;5*1+1D;1+1;;;;;;. The van der Waals surface area contributed by atoms with Crippen LogP contribution >= 0.6 is 0 Å². The summed E-state index contributed by atoms with van der Waals surface area (Å²) in [5.74, 6) is 15.7. The maximum atomic E-state index is 8.00. The Morgan fingerprint density at radius 3 is 0.857 bits per heavy atom. The summed E-state index contributed by atoms with van der Waals surface area (Å²) in [6, 6.07) is 0. The smallest absolute Gasteiger partial charge is 0 e. The maximum Gasteiger partial charge on any atom is 0 e. The van der Waals surface area contributed by atoms with Crippen molar-refractivity contribution in [3.05, 3.63) is 0 Å². The van der Waals surface area contributed by atoms with Gasteiger partial charge in [0, 0.05) is 151 Å². The molecule has 0 fully saturated rings. The van der Waals surface area contributed by atoms with Crippen molar-refractivity contribution in [1.29, 1.82) is 0 Å². The molecule has 0 N–H and O–H groups in total. The van der Waals surface area contributed by atoms with Crippen molar-refractivity contribution in [2.24, 2.45) is 0 Å². The van der Waals surface area contributed by atoms with E-state index in [0.717, 1.165) is 0 Å². The van der Waals surface area contributed by atoms with E-state index in [2.05, 4.69) is 41.4 Å². The molecule has 0 aromatic carbocycles. The van der Waals surface area contributed by atoms with Crippen molar-refractivity contribution in [3.8, 4) is 60.7 Å². The molecule has 0 spiro atoms. The van der Waals surface area contributed by atoms with Crippen LogP contribution in [0.3, 0.4) is 0 Å². The average molecular weight is 534 g/mol. The van der Waals surface area contributed by atoms with Crippen LogP contribution in [0.1, 0.15) is 46.6 Å². The van der Waals surface area contributed by atoms with E-state index >= 15 is 0 Å². The molecule has 0 amide bonds. The number of hydrogen-bond acceptors (Lipinski definition) is 0. The first kappa shape index (κ1) is 49.8. The van der Waals surface area contributed by atoms with Gasteiger partial charge in [-0.3, -0.25) is 4.70 Å². The second-order valence-corrected chi connectivity index (χ2v) is 2.98. The molecule has 0 aliphatic rings. The van der Waals surface area contributed by atoms with Gasteiger partial charge in [-0.1, -0.05) is 20.8 Å². The Kier molecular flexibility index (Phi) is 196. The summed E-state index contributed by atoms with van der Waals surface area (Å²) in [6.45, 7) is 1.71. The van der Waals surface area contributed by atoms with E-state index in [1.165, 1.54) is 7.06 Å². The molecule has 0 bridgehead atoms. The van der Waals surface area contributed by atoms with E-state index in [1.54, 1.807) is 6.92 Å².